The van der Waals surface area contributed by atoms with Crippen molar-refractivity contribution in [2.45, 2.75) is 26.8 Å². The van der Waals surface area contributed by atoms with Crippen LogP contribution in [0.15, 0.2) is 36.5 Å². The molecule has 0 aliphatic carbocycles. The number of nitrogens with zero attached hydrogens (tertiary/aromatic N) is 3. The number of hydrogen-bond donors (Lipinski definition) is 1. The Balaban J connectivity index is 2.36. The van der Waals surface area contributed by atoms with Crippen LogP contribution in [0.2, 0.25) is 0 Å². The van der Waals surface area contributed by atoms with Crippen molar-refractivity contribution in [1.82, 2.24) is 4.98 Å². The molecule has 2 aromatic rings. The lowest BCUT2D eigenvalue weighted by atomic mass is 10.1. The molecule has 0 unspecified atom stereocenters. The molecule has 4 nitrogen and oxygen atoms in total. The molecule has 0 amide bonds. The zero-order chi connectivity index (χ0) is 15.2. The Hall–Kier alpha value is -2.54. The van der Waals surface area contributed by atoms with E-state index in [0.29, 0.717) is 12.1 Å². The molecule has 108 valence electrons. The van der Waals surface area contributed by atoms with Crippen LogP contribution in [-0.4, -0.2) is 11.5 Å². The van der Waals surface area contributed by atoms with Gasteiger partial charge in [0.25, 0.3) is 0 Å². The van der Waals surface area contributed by atoms with Crippen molar-refractivity contribution in [1.29, 1.82) is 5.26 Å². The summed E-state index contributed by atoms with van der Waals surface area (Å²) in [5.41, 5.74) is 9.32. The second kappa shape index (κ2) is 6.76. The van der Waals surface area contributed by atoms with Crippen molar-refractivity contribution in [3.05, 3.63) is 53.2 Å². The lowest BCUT2D eigenvalue weighted by Gasteiger charge is -2.24. The van der Waals surface area contributed by atoms with E-state index < -0.39 is 0 Å². The zero-order valence-electron chi connectivity index (χ0n) is 12.5. The van der Waals surface area contributed by atoms with Gasteiger partial charge in [0.05, 0.1) is 5.56 Å². The first-order valence-corrected chi connectivity index (χ1v) is 7.10. The van der Waals surface area contributed by atoms with Crippen LogP contribution in [0.4, 0.5) is 11.5 Å². The fraction of sp³-hybridized carbons (Fsp3) is 0.294. The second-order valence-corrected chi connectivity index (χ2v) is 5.10. The normalized spacial score (nSPS) is 10.1. The molecule has 0 aliphatic rings. The van der Waals surface area contributed by atoms with E-state index >= 15 is 0 Å². The summed E-state index contributed by atoms with van der Waals surface area (Å²) in [5.74, 6) is 0.752. The van der Waals surface area contributed by atoms with Crippen molar-refractivity contribution in [3.8, 4) is 6.07 Å². The van der Waals surface area contributed by atoms with E-state index in [-0.39, 0.29) is 0 Å². The molecule has 0 fully saturated rings. The van der Waals surface area contributed by atoms with E-state index in [2.05, 4.69) is 22.9 Å². The highest BCUT2D eigenvalue weighted by Gasteiger charge is 2.14. The van der Waals surface area contributed by atoms with Crippen LogP contribution >= 0.6 is 0 Å². The minimum Gasteiger partial charge on any atom is -0.399 e. The third-order valence-corrected chi connectivity index (χ3v) is 3.37. The number of aryl methyl sites for hydroxylation is 1. The highest BCUT2D eigenvalue weighted by atomic mass is 15.2. The van der Waals surface area contributed by atoms with E-state index in [0.717, 1.165) is 35.6 Å². The summed E-state index contributed by atoms with van der Waals surface area (Å²) in [6.45, 7) is 5.60. The Morgan fingerprint density at radius 3 is 2.81 bits per heavy atom. The summed E-state index contributed by atoms with van der Waals surface area (Å²) >= 11 is 0. The molecule has 1 aromatic carbocycles. The van der Waals surface area contributed by atoms with Crippen molar-refractivity contribution in [3.63, 3.8) is 0 Å². The first-order chi connectivity index (χ1) is 10.2. The minimum absolute atomic E-state index is 0.648. The Bertz CT molecular complexity index is 658. The molecule has 0 saturated heterocycles. The van der Waals surface area contributed by atoms with E-state index in [1.54, 1.807) is 6.20 Å². The summed E-state index contributed by atoms with van der Waals surface area (Å²) < 4.78 is 0. The van der Waals surface area contributed by atoms with Gasteiger partial charge in [-0.05, 0) is 42.7 Å². The number of aromatic nitrogens is 1. The summed E-state index contributed by atoms with van der Waals surface area (Å²) in [4.78, 5) is 6.56. The highest BCUT2D eigenvalue weighted by molar-refractivity contribution is 5.57. The van der Waals surface area contributed by atoms with Gasteiger partial charge in [-0.3, -0.25) is 0 Å². The number of pyridine rings is 1. The Kier molecular flexibility index (Phi) is 4.78. The average Bonchev–Trinajstić information content (AvgIpc) is 2.46. The quantitative estimate of drug-likeness (QED) is 0.854. The largest absolute Gasteiger partial charge is 0.399 e. The monoisotopic (exact) mass is 280 g/mol. The molecule has 0 saturated carbocycles. The fourth-order valence-corrected chi connectivity index (χ4v) is 2.36. The molecule has 0 atom stereocenters. The number of anilines is 2. The van der Waals surface area contributed by atoms with Crippen LogP contribution < -0.4 is 10.6 Å². The van der Waals surface area contributed by atoms with Crippen LogP contribution in [0.3, 0.4) is 0 Å². The number of rotatable bonds is 5. The highest BCUT2D eigenvalue weighted by Crippen LogP contribution is 2.22. The molecule has 0 aliphatic heterocycles. The molecular weight excluding hydrogens is 260 g/mol. The van der Waals surface area contributed by atoms with Crippen LogP contribution in [0.5, 0.6) is 0 Å². The molecular formula is C17H20N4. The minimum atomic E-state index is 0.648. The predicted octanol–water partition coefficient (Wildman–Crippen LogP) is 3.26. The first kappa shape index (κ1) is 14.9. The molecule has 1 heterocycles. The molecule has 4 heteroatoms. The van der Waals surface area contributed by atoms with E-state index in [1.807, 2.05) is 37.3 Å². The van der Waals surface area contributed by atoms with E-state index in [9.17, 15) is 5.26 Å². The van der Waals surface area contributed by atoms with Gasteiger partial charge in [0, 0.05) is 25.0 Å². The third-order valence-electron chi connectivity index (χ3n) is 3.37. The molecule has 2 rings (SSSR count). The number of nitriles is 1. The molecule has 0 radical (unpaired) electrons. The standard InChI is InChI=1S/C17H20N4/c1-3-9-21(12-14-5-4-6-15(19)10-14)17-16(11-18)13(2)7-8-20-17/h4-8,10H,3,9,12,19H2,1-2H3. The molecule has 0 spiro atoms. The van der Waals surface area contributed by atoms with Gasteiger partial charge in [0.1, 0.15) is 11.9 Å². The Morgan fingerprint density at radius 1 is 1.33 bits per heavy atom. The van der Waals surface area contributed by atoms with Crippen molar-refractivity contribution in [2.24, 2.45) is 0 Å². The van der Waals surface area contributed by atoms with Crippen molar-refractivity contribution in [2.75, 3.05) is 17.2 Å². The van der Waals surface area contributed by atoms with Gasteiger partial charge < -0.3 is 10.6 Å². The summed E-state index contributed by atoms with van der Waals surface area (Å²) in [6.07, 6.45) is 2.75. The van der Waals surface area contributed by atoms with Gasteiger partial charge in [0.2, 0.25) is 0 Å². The van der Waals surface area contributed by atoms with Crippen molar-refractivity contribution < 1.29 is 0 Å². The smallest absolute Gasteiger partial charge is 0.147 e. The summed E-state index contributed by atoms with van der Waals surface area (Å²) in [7, 11) is 0. The predicted molar refractivity (Wildman–Crippen MR) is 85.9 cm³/mol. The maximum Gasteiger partial charge on any atom is 0.147 e. The van der Waals surface area contributed by atoms with Gasteiger partial charge in [-0.15, -0.1) is 0 Å². The number of benzene rings is 1. The van der Waals surface area contributed by atoms with Gasteiger partial charge in [-0.2, -0.15) is 5.26 Å². The molecule has 0 bridgehead atoms. The Morgan fingerprint density at radius 2 is 2.14 bits per heavy atom. The van der Waals surface area contributed by atoms with Crippen LogP contribution in [0.1, 0.15) is 30.0 Å². The summed E-state index contributed by atoms with van der Waals surface area (Å²) in [6, 6.07) is 12.0. The zero-order valence-corrected chi connectivity index (χ0v) is 12.5. The lowest BCUT2D eigenvalue weighted by Crippen LogP contribution is -2.25. The van der Waals surface area contributed by atoms with Crippen LogP contribution in [0.25, 0.3) is 0 Å². The molecule has 21 heavy (non-hydrogen) atoms. The third kappa shape index (κ3) is 3.51. The van der Waals surface area contributed by atoms with Gasteiger partial charge in [-0.1, -0.05) is 19.1 Å². The fourth-order valence-electron chi connectivity index (χ4n) is 2.36. The molecule has 1 aromatic heterocycles. The molecule has 2 N–H and O–H groups in total. The number of hydrogen-bond acceptors (Lipinski definition) is 4. The van der Waals surface area contributed by atoms with Crippen LogP contribution in [0, 0.1) is 18.3 Å². The average molecular weight is 280 g/mol. The van der Waals surface area contributed by atoms with Gasteiger partial charge in [0.15, 0.2) is 0 Å². The van der Waals surface area contributed by atoms with E-state index in [1.165, 1.54) is 0 Å². The summed E-state index contributed by atoms with van der Waals surface area (Å²) in [5, 5.41) is 9.39. The number of nitrogens with two attached hydrogens (primary N) is 1. The first-order valence-electron chi connectivity index (χ1n) is 7.10. The van der Waals surface area contributed by atoms with Gasteiger partial charge in [-0.25, -0.2) is 4.98 Å². The maximum atomic E-state index is 9.39. The topological polar surface area (TPSA) is 65.9 Å². The van der Waals surface area contributed by atoms with Crippen molar-refractivity contribution >= 4 is 11.5 Å². The second-order valence-electron chi connectivity index (χ2n) is 5.10. The van der Waals surface area contributed by atoms with Gasteiger partial charge >= 0.3 is 0 Å². The number of nitrogen functional groups attached to an aromatic ring is 1. The maximum absolute atomic E-state index is 9.39. The lowest BCUT2D eigenvalue weighted by molar-refractivity contribution is 0.753. The van der Waals surface area contributed by atoms with Crippen LogP contribution in [-0.2, 0) is 6.54 Å². The van der Waals surface area contributed by atoms with E-state index in [4.69, 9.17) is 5.73 Å². The Labute approximate surface area is 125 Å². The SMILES string of the molecule is CCCN(Cc1cccc(N)c1)c1nccc(C)c1C#N.